The second-order valence-corrected chi connectivity index (χ2v) is 7.08. The first-order valence-electron chi connectivity index (χ1n) is 5.78. The quantitative estimate of drug-likeness (QED) is 0.658. The van der Waals surface area contributed by atoms with Crippen LogP contribution in [0.2, 0.25) is 0 Å². The Bertz CT molecular complexity index is 614. The van der Waals surface area contributed by atoms with Crippen molar-refractivity contribution in [3.63, 3.8) is 0 Å². The van der Waals surface area contributed by atoms with E-state index in [4.69, 9.17) is 10.5 Å². The zero-order valence-electron chi connectivity index (χ0n) is 11.0. The van der Waals surface area contributed by atoms with Gasteiger partial charge in [-0.15, -0.1) is 0 Å². The van der Waals surface area contributed by atoms with Gasteiger partial charge in [-0.1, -0.05) is 0 Å². The van der Waals surface area contributed by atoms with E-state index in [0.717, 1.165) is 0 Å². The van der Waals surface area contributed by atoms with Crippen molar-refractivity contribution in [3.05, 3.63) is 29.3 Å². The molecule has 0 bridgehead atoms. The van der Waals surface area contributed by atoms with Crippen LogP contribution < -0.4 is 5.73 Å². The van der Waals surface area contributed by atoms with Crippen molar-refractivity contribution >= 4 is 21.5 Å². The van der Waals surface area contributed by atoms with Crippen LogP contribution in [0.15, 0.2) is 12.1 Å². The van der Waals surface area contributed by atoms with Crippen LogP contribution in [-0.4, -0.2) is 32.0 Å². The zero-order valence-corrected chi connectivity index (χ0v) is 11.8. The molecule has 8 heteroatoms. The molecule has 0 unspecified atom stereocenters. The predicted octanol–water partition coefficient (Wildman–Crippen LogP) is 1.53. The van der Waals surface area contributed by atoms with Gasteiger partial charge < -0.3 is 10.5 Å². The molecule has 0 heterocycles. The van der Waals surface area contributed by atoms with Gasteiger partial charge in [0.15, 0.2) is 21.5 Å². The van der Waals surface area contributed by atoms with E-state index in [1.165, 1.54) is 13.8 Å². The highest BCUT2D eigenvalue weighted by Gasteiger charge is 2.19. The van der Waals surface area contributed by atoms with Crippen LogP contribution in [-0.2, 0) is 14.6 Å². The minimum Gasteiger partial charge on any atom is -0.461 e. The molecule has 0 aliphatic heterocycles. The summed E-state index contributed by atoms with van der Waals surface area (Å²) in [6, 6.07) is 1.28. The summed E-state index contributed by atoms with van der Waals surface area (Å²) >= 11 is 0. The number of ether oxygens (including phenoxy) is 1. The van der Waals surface area contributed by atoms with E-state index in [-0.39, 0.29) is 23.6 Å². The molecule has 1 aromatic carbocycles. The molecule has 1 aromatic rings. The molecule has 1 rings (SSSR count). The van der Waals surface area contributed by atoms with Crippen molar-refractivity contribution in [2.24, 2.45) is 0 Å². The number of esters is 1. The van der Waals surface area contributed by atoms with Crippen molar-refractivity contribution in [2.45, 2.75) is 19.1 Å². The SMILES string of the molecule is CC(C)S(=O)(=O)CCOC(=O)c1cc(F)c(F)cc1N. The number of anilines is 1. The Balaban J connectivity index is 2.72. The van der Waals surface area contributed by atoms with Gasteiger partial charge in [0.25, 0.3) is 0 Å². The smallest absolute Gasteiger partial charge is 0.340 e. The van der Waals surface area contributed by atoms with E-state index in [1.807, 2.05) is 0 Å². The van der Waals surface area contributed by atoms with Crippen LogP contribution >= 0.6 is 0 Å². The van der Waals surface area contributed by atoms with E-state index in [2.05, 4.69) is 0 Å². The van der Waals surface area contributed by atoms with Gasteiger partial charge in [0.2, 0.25) is 0 Å². The van der Waals surface area contributed by atoms with Gasteiger partial charge in [-0.05, 0) is 19.9 Å². The van der Waals surface area contributed by atoms with Gasteiger partial charge in [-0.2, -0.15) is 0 Å². The molecule has 2 N–H and O–H groups in total. The summed E-state index contributed by atoms with van der Waals surface area (Å²) < 4.78 is 53.5. The average Bonchev–Trinajstić information content (AvgIpc) is 2.33. The molecule has 112 valence electrons. The number of sulfone groups is 1. The van der Waals surface area contributed by atoms with Crippen molar-refractivity contribution in [1.29, 1.82) is 0 Å². The molecule has 5 nitrogen and oxygen atoms in total. The lowest BCUT2D eigenvalue weighted by Gasteiger charge is -2.09. The van der Waals surface area contributed by atoms with Crippen molar-refractivity contribution in [3.8, 4) is 0 Å². The largest absolute Gasteiger partial charge is 0.461 e. The van der Waals surface area contributed by atoms with Gasteiger partial charge in [0, 0.05) is 11.8 Å². The first-order chi connectivity index (χ1) is 9.15. The molecule has 0 spiro atoms. The molecule has 0 radical (unpaired) electrons. The Morgan fingerprint density at radius 2 is 1.85 bits per heavy atom. The van der Waals surface area contributed by atoms with Crippen molar-refractivity contribution in [1.82, 2.24) is 0 Å². The third-order valence-electron chi connectivity index (χ3n) is 2.63. The number of halogens is 2. The molecular weight excluding hydrogens is 292 g/mol. The third kappa shape index (κ3) is 3.89. The van der Waals surface area contributed by atoms with Gasteiger partial charge in [0.1, 0.15) is 6.61 Å². The number of nitrogens with two attached hydrogens (primary N) is 1. The topological polar surface area (TPSA) is 86.5 Å². The summed E-state index contributed by atoms with van der Waals surface area (Å²) in [5, 5.41) is -0.588. The lowest BCUT2D eigenvalue weighted by atomic mass is 10.1. The number of rotatable bonds is 5. The van der Waals surface area contributed by atoms with Gasteiger partial charge in [-0.3, -0.25) is 0 Å². The minimum atomic E-state index is -3.34. The Kier molecular flexibility index (Phi) is 5.04. The monoisotopic (exact) mass is 307 g/mol. The zero-order chi connectivity index (χ0) is 15.5. The molecule has 0 aliphatic rings. The summed E-state index contributed by atoms with van der Waals surface area (Å²) in [5.74, 6) is -3.76. The van der Waals surface area contributed by atoms with E-state index >= 15 is 0 Å². The first-order valence-corrected chi connectivity index (χ1v) is 7.50. The maximum absolute atomic E-state index is 13.0. The van der Waals surface area contributed by atoms with Crippen LogP contribution in [0.1, 0.15) is 24.2 Å². The number of benzene rings is 1. The molecule has 0 amide bonds. The number of carbonyl (C=O) groups is 1. The molecule has 0 saturated carbocycles. The van der Waals surface area contributed by atoms with Crippen LogP contribution in [0, 0.1) is 11.6 Å². The fraction of sp³-hybridized carbons (Fsp3) is 0.417. The van der Waals surface area contributed by atoms with Gasteiger partial charge >= 0.3 is 5.97 Å². The number of nitrogen functional groups attached to an aromatic ring is 1. The maximum Gasteiger partial charge on any atom is 0.340 e. The van der Waals surface area contributed by atoms with E-state index in [9.17, 15) is 22.0 Å². The summed E-state index contributed by atoms with van der Waals surface area (Å²) in [7, 11) is -3.34. The molecule has 0 saturated heterocycles. The summed E-state index contributed by atoms with van der Waals surface area (Å²) in [6.07, 6.45) is 0. The average molecular weight is 307 g/mol. The van der Waals surface area contributed by atoms with Crippen LogP contribution in [0.3, 0.4) is 0 Å². The highest BCUT2D eigenvalue weighted by atomic mass is 32.2. The Hall–Kier alpha value is -1.70. The second-order valence-electron chi connectivity index (χ2n) is 4.41. The Labute approximate surface area is 115 Å². The molecule has 20 heavy (non-hydrogen) atoms. The molecule has 0 atom stereocenters. The van der Waals surface area contributed by atoms with Crippen LogP contribution in [0.25, 0.3) is 0 Å². The number of hydrogen-bond donors (Lipinski definition) is 1. The Morgan fingerprint density at radius 1 is 1.30 bits per heavy atom. The summed E-state index contributed by atoms with van der Waals surface area (Å²) in [5.41, 5.74) is 4.75. The number of hydrogen-bond acceptors (Lipinski definition) is 5. The van der Waals surface area contributed by atoms with Gasteiger partial charge in [-0.25, -0.2) is 22.0 Å². The predicted molar refractivity (Wildman–Crippen MR) is 70.0 cm³/mol. The molecule has 0 aliphatic carbocycles. The Morgan fingerprint density at radius 3 is 2.40 bits per heavy atom. The number of carbonyl (C=O) groups excluding carboxylic acids is 1. The normalized spacial score (nSPS) is 11.7. The van der Waals surface area contributed by atoms with Gasteiger partial charge in [0.05, 0.1) is 16.6 Å². The van der Waals surface area contributed by atoms with E-state index in [0.29, 0.717) is 12.1 Å². The highest BCUT2D eigenvalue weighted by molar-refractivity contribution is 7.91. The van der Waals surface area contributed by atoms with E-state index < -0.39 is 32.7 Å². The highest BCUT2D eigenvalue weighted by Crippen LogP contribution is 2.18. The fourth-order valence-corrected chi connectivity index (χ4v) is 2.09. The summed E-state index contributed by atoms with van der Waals surface area (Å²) in [6.45, 7) is 2.63. The molecule has 0 fully saturated rings. The molecular formula is C12H15F2NO4S. The summed E-state index contributed by atoms with van der Waals surface area (Å²) in [4.78, 5) is 11.6. The third-order valence-corrected chi connectivity index (χ3v) is 4.80. The molecule has 0 aromatic heterocycles. The van der Waals surface area contributed by atoms with Crippen LogP contribution in [0.4, 0.5) is 14.5 Å². The second kappa shape index (κ2) is 6.17. The van der Waals surface area contributed by atoms with Crippen molar-refractivity contribution in [2.75, 3.05) is 18.1 Å². The standard InChI is InChI=1S/C12H15F2NO4S/c1-7(2)20(17,18)4-3-19-12(16)8-5-9(13)10(14)6-11(8)15/h5-7H,3-4,15H2,1-2H3. The lowest BCUT2D eigenvalue weighted by Crippen LogP contribution is -2.22. The van der Waals surface area contributed by atoms with Crippen LogP contribution in [0.5, 0.6) is 0 Å². The van der Waals surface area contributed by atoms with E-state index in [1.54, 1.807) is 0 Å². The fourth-order valence-electron chi connectivity index (χ4n) is 1.30. The maximum atomic E-state index is 13.0. The van der Waals surface area contributed by atoms with Crippen molar-refractivity contribution < 1.29 is 26.7 Å². The first kappa shape index (κ1) is 16.4. The minimum absolute atomic E-state index is 0.277. The lowest BCUT2D eigenvalue weighted by molar-refractivity contribution is 0.0529.